The molecule has 0 spiro atoms. The Balaban J connectivity index is 1.58. The van der Waals surface area contributed by atoms with Crippen LogP contribution in [0.5, 0.6) is 11.5 Å². The zero-order chi connectivity index (χ0) is 24.8. The van der Waals surface area contributed by atoms with Crippen LogP contribution < -0.4 is 20.1 Å². The minimum absolute atomic E-state index is 0.130. The molecule has 180 valence electrons. The van der Waals surface area contributed by atoms with Crippen molar-refractivity contribution in [2.75, 3.05) is 7.11 Å². The number of urea groups is 1. The Labute approximate surface area is 204 Å². The number of allylic oxidation sites excluding steroid dienone is 1. The lowest BCUT2D eigenvalue weighted by Gasteiger charge is -2.28. The van der Waals surface area contributed by atoms with Crippen LogP contribution in [0.3, 0.4) is 0 Å². The van der Waals surface area contributed by atoms with Crippen molar-refractivity contribution in [2.45, 2.75) is 33.1 Å². The quantitative estimate of drug-likeness (QED) is 0.453. The molecule has 1 heterocycles. The van der Waals surface area contributed by atoms with Crippen molar-refractivity contribution in [3.63, 3.8) is 0 Å². The number of methoxy groups -OCH3 is 1. The summed E-state index contributed by atoms with van der Waals surface area (Å²) in [5.74, 6) is 0.546. The highest BCUT2D eigenvalue weighted by molar-refractivity contribution is 5.95. The van der Waals surface area contributed by atoms with Crippen LogP contribution in [0.1, 0.15) is 35.2 Å². The lowest BCUT2D eigenvalue weighted by atomic mass is 9.95. The van der Waals surface area contributed by atoms with Gasteiger partial charge in [0.05, 0.1) is 18.7 Å². The topological polar surface area (TPSA) is 85.9 Å². The van der Waals surface area contributed by atoms with E-state index in [2.05, 4.69) is 10.6 Å². The van der Waals surface area contributed by atoms with Crippen LogP contribution >= 0.6 is 0 Å². The van der Waals surface area contributed by atoms with Gasteiger partial charge in [-0.25, -0.2) is 9.59 Å². The zero-order valence-corrected chi connectivity index (χ0v) is 20.0. The highest BCUT2D eigenvalue weighted by Crippen LogP contribution is 2.35. The molecule has 35 heavy (non-hydrogen) atoms. The Bertz CT molecular complexity index is 1240. The lowest BCUT2D eigenvalue weighted by Crippen LogP contribution is -2.45. The number of hydrogen-bond donors (Lipinski definition) is 2. The van der Waals surface area contributed by atoms with Crippen molar-refractivity contribution in [1.29, 1.82) is 0 Å². The Morgan fingerprint density at radius 3 is 2.31 bits per heavy atom. The molecule has 2 amide bonds. The molecule has 1 aliphatic heterocycles. The molecule has 0 saturated carbocycles. The molecule has 1 aliphatic rings. The number of carbonyl (C=O) groups is 2. The van der Waals surface area contributed by atoms with Crippen LogP contribution in [0.4, 0.5) is 4.79 Å². The molecule has 7 heteroatoms. The molecule has 0 fully saturated rings. The largest absolute Gasteiger partial charge is 0.493 e. The number of carbonyl (C=O) groups excluding carboxylic acids is 2. The summed E-state index contributed by atoms with van der Waals surface area (Å²) in [6, 6.07) is 21.7. The first-order chi connectivity index (χ1) is 16.9. The fraction of sp³-hybridized carbons (Fsp3) is 0.214. The Morgan fingerprint density at radius 1 is 0.886 bits per heavy atom. The third-order valence-corrected chi connectivity index (χ3v) is 5.74. The maximum atomic E-state index is 13.1. The zero-order valence-electron chi connectivity index (χ0n) is 20.0. The summed E-state index contributed by atoms with van der Waals surface area (Å²) in [5.41, 5.74) is 4.50. The summed E-state index contributed by atoms with van der Waals surface area (Å²) < 4.78 is 17.1. The van der Waals surface area contributed by atoms with Gasteiger partial charge in [0, 0.05) is 5.70 Å². The fourth-order valence-electron chi connectivity index (χ4n) is 3.85. The third kappa shape index (κ3) is 5.81. The standard InChI is InChI=1S/C28H28N2O5/c1-18-9-11-21(12-10-18)16-34-24-15-22(13-14-23(24)33-3)26-25(19(2)29-28(32)30-26)27(31)35-17-20-7-5-4-6-8-20/h4-15,26H,16-17H2,1-3H3,(H2,29,30,32). The van der Waals surface area contributed by atoms with Crippen molar-refractivity contribution >= 4 is 12.0 Å². The maximum Gasteiger partial charge on any atom is 0.338 e. The number of rotatable bonds is 8. The number of nitrogens with one attached hydrogen (secondary N) is 2. The van der Waals surface area contributed by atoms with Crippen LogP contribution in [0, 0.1) is 6.92 Å². The van der Waals surface area contributed by atoms with Gasteiger partial charge in [0.15, 0.2) is 11.5 Å². The number of esters is 1. The predicted molar refractivity (Wildman–Crippen MR) is 132 cm³/mol. The van der Waals surface area contributed by atoms with E-state index in [0.29, 0.717) is 34.9 Å². The summed E-state index contributed by atoms with van der Waals surface area (Å²) in [4.78, 5) is 25.4. The minimum atomic E-state index is -0.709. The molecule has 4 rings (SSSR count). The molecule has 0 radical (unpaired) electrons. The summed E-state index contributed by atoms with van der Waals surface area (Å²) in [6.45, 7) is 4.19. The molecule has 0 aromatic heterocycles. The summed E-state index contributed by atoms with van der Waals surface area (Å²) in [7, 11) is 1.57. The van der Waals surface area contributed by atoms with E-state index in [0.717, 1.165) is 11.1 Å². The van der Waals surface area contributed by atoms with E-state index >= 15 is 0 Å². The molecule has 2 N–H and O–H groups in total. The van der Waals surface area contributed by atoms with Gasteiger partial charge in [0.2, 0.25) is 0 Å². The molecule has 0 aliphatic carbocycles. The first kappa shape index (κ1) is 23.9. The average Bonchev–Trinajstić information content (AvgIpc) is 2.87. The van der Waals surface area contributed by atoms with Gasteiger partial charge < -0.3 is 24.8 Å². The number of aryl methyl sites for hydroxylation is 1. The van der Waals surface area contributed by atoms with Gasteiger partial charge in [-0.15, -0.1) is 0 Å². The molecule has 0 bridgehead atoms. The van der Waals surface area contributed by atoms with Crippen molar-refractivity contribution in [2.24, 2.45) is 0 Å². The number of ether oxygens (including phenoxy) is 3. The van der Waals surface area contributed by atoms with Gasteiger partial charge in [0.1, 0.15) is 13.2 Å². The maximum absolute atomic E-state index is 13.1. The predicted octanol–water partition coefficient (Wildman–Crippen LogP) is 4.95. The Kier molecular flexibility index (Phi) is 7.35. The lowest BCUT2D eigenvalue weighted by molar-refractivity contribution is -0.140. The van der Waals surface area contributed by atoms with Gasteiger partial charge in [-0.2, -0.15) is 0 Å². The monoisotopic (exact) mass is 472 g/mol. The highest BCUT2D eigenvalue weighted by atomic mass is 16.5. The van der Waals surface area contributed by atoms with Crippen LogP contribution in [0.15, 0.2) is 84.1 Å². The minimum Gasteiger partial charge on any atom is -0.493 e. The second-order valence-electron chi connectivity index (χ2n) is 8.32. The molecule has 3 aromatic carbocycles. The summed E-state index contributed by atoms with van der Waals surface area (Å²) in [5, 5.41) is 5.50. The van der Waals surface area contributed by atoms with Gasteiger partial charge >= 0.3 is 12.0 Å². The van der Waals surface area contributed by atoms with Crippen LogP contribution in [-0.2, 0) is 22.7 Å². The van der Waals surface area contributed by atoms with E-state index in [1.165, 1.54) is 5.56 Å². The van der Waals surface area contributed by atoms with Crippen molar-refractivity contribution in [1.82, 2.24) is 10.6 Å². The van der Waals surface area contributed by atoms with E-state index in [1.807, 2.05) is 61.5 Å². The number of benzene rings is 3. The van der Waals surface area contributed by atoms with E-state index in [9.17, 15) is 9.59 Å². The molecular weight excluding hydrogens is 444 g/mol. The third-order valence-electron chi connectivity index (χ3n) is 5.74. The normalized spacial score (nSPS) is 15.2. The van der Waals surface area contributed by atoms with E-state index < -0.39 is 18.0 Å². The summed E-state index contributed by atoms with van der Waals surface area (Å²) in [6.07, 6.45) is 0. The molecule has 1 atom stereocenters. The Morgan fingerprint density at radius 2 is 1.60 bits per heavy atom. The molecule has 3 aromatic rings. The number of amides is 2. The number of hydrogen-bond acceptors (Lipinski definition) is 5. The summed E-state index contributed by atoms with van der Waals surface area (Å²) >= 11 is 0. The fourth-order valence-corrected chi connectivity index (χ4v) is 3.85. The van der Waals surface area contributed by atoms with Crippen LogP contribution in [0.25, 0.3) is 0 Å². The van der Waals surface area contributed by atoms with E-state index in [1.54, 1.807) is 32.2 Å². The second kappa shape index (κ2) is 10.8. The van der Waals surface area contributed by atoms with Gasteiger partial charge in [-0.3, -0.25) is 0 Å². The van der Waals surface area contributed by atoms with E-state index in [-0.39, 0.29) is 6.61 Å². The molecule has 1 unspecified atom stereocenters. The van der Waals surface area contributed by atoms with Crippen LogP contribution in [0.2, 0.25) is 0 Å². The van der Waals surface area contributed by atoms with E-state index in [4.69, 9.17) is 14.2 Å². The average molecular weight is 473 g/mol. The van der Waals surface area contributed by atoms with Gasteiger partial charge in [-0.1, -0.05) is 66.2 Å². The Hall–Kier alpha value is -4.26. The van der Waals surface area contributed by atoms with Gasteiger partial charge in [0.25, 0.3) is 0 Å². The SMILES string of the molecule is COc1ccc(C2NC(=O)NC(C)=C2C(=O)OCc2ccccc2)cc1OCc1ccc(C)cc1. The van der Waals surface area contributed by atoms with Crippen LogP contribution in [-0.4, -0.2) is 19.1 Å². The van der Waals surface area contributed by atoms with Crippen molar-refractivity contribution in [3.8, 4) is 11.5 Å². The molecule has 7 nitrogen and oxygen atoms in total. The van der Waals surface area contributed by atoms with Crippen molar-refractivity contribution < 1.29 is 23.8 Å². The molecule has 0 saturated heterocycles. The smallest absolute Gasteiger partial charge is 0.338 e. The second-order valence-corrected chi connectivity index (χ2v) is 8.32. The van der Waals surface area contributed by atoms with Crippen molar-refractivity contribution in [3.05, 3.63) is 106 Å². The molecular formula is C28H28N2O5. The first-order valence-electron chi connectivity index (χ1n) is 11.3. The van der Waals surface area contributed by atoms with Gasteiger partial charge in [-0.05, 0) is 42.7 Å². The first-order valence-corrected chi connectivity index (χ1v) is 11.3. The highest BCUT2D eigenvalue weighted by Gasteiger charge is 2.32.